The van der Waals surface area contributed by atoms with E-state index in [9.17, 15) is 14.0 Å². The van der Waals surface area contributed by atoms with Crippen molar-refractivity contribution in [3.05, 3.63) is 28.2 Å². The Morgan fingerprint density at radius 3 is 2.03 bits per heavy atom. The van der Waals surface area contributed by atoms with Gasteiger partial charge < -0.3 is 14.2 Å². The van der Waals surface area contributed by atoms with Crippen LogP contribution in [0.4, 0.5) is 14.0 Å². The molecule has 0 atom stereocenters. The quantitative estimate of drug-likeness (QED) is 0.320. The lowest BCUT2D eigenvalue weighted by Gasteiger charge is -2.22. The Bertz CT molecular complexity index is 756. The van der Waals surface area contributed by atoms with Crippen LogP contribution >= 0.6 is 15.9 Å². The van der Waals surface area contributed by atoms with Crippen LogP contribution in [0.2, 0.25) is 0 Å². The van der Waals surface area contributed by atoms with Gasteiger partial charge >= 0.3 is 12.2 Å². The molecule has 0 spiro atoms. The van der Waals surface area contributed by atoms with Crippen molar-refractivity contribution in [2.75, 3.05) is 13.3 Å². The highest BCUT2D eigenvalue weighted by Crippen LogP contribution is 2.26. The van der Waals surface area contributed by atoms with Crippen LogP contribution < -0.4 is 15.4 Å². The van der Waals surface area contributed by atoms with Crippen molar-refractivity contribution >= 4 is 34.1 Å². The third kappa shape index (κ3) is 12.2. The van der Waals surface area contributed by atoms with Gasteiger partial charge in [0.15, 0.2) is 0 Å². The number of ether oxygens (including phenoxy) is 3. The summed E-state index contributed by atoms with van der Waals surface area (Å²) in [4.78, 5) is 28.5. The summed E-state index contributed by atoms with van der Waals surface area (Å²) in [5.74, 6) is 0.475. The van der Waals surface area contributed by atoms with E-state index in [4.69, 9.17) is 14.2 Å². The molecule has 0 unspecified atom stereocenters. The van der Waals surface area contributed by atoms with Crippen LogP contribution in [0.1, 0.15) is 53.5 Å². The molecule has 0 bridgehead atoms. The van der Waals surface area contributed by atoms with Crippen molar-refractivity contribution in [3.63, 3.8) is 0 Å². The number of amides is 2. The average Bonchev–Trinajstić information content (AvgIpc) is 2.58. The second-order valence-electron chi connectivity index (χ2n) is 8.57. The van der Waals surface area contributed by atoms with Gasteiger partial charge in [-0.3, -0.25) is 15.0 Å². The van der Waals surface area contributed by atoms with Crippen molar-refractivity contribution < 1.29 is 28.2 Å². The second kappa shape index (κ2) is 11.9. The molecule has 0 aromatic heterocycles. The molecule has 31 heavy (non-hydrogen) atoms. The molecule has 0 heterocycles. The van der Waals surface area contributed by atoms with E-state index in [1.165, 1.54) is 0 Å². The van der Waals surface area contributed by atoms with E-state index in [-0.39, 0.29) is 19.1 Å². The number of alkyl halides is 1. The lowest BCUT2D eigenvalue weighted by molar-refractivity contribution is 0.0545. The van der Waals surface area contributed by atoms with Crippen molar-refractivity contribution in [2.24, 2.45) is 4.99 Å². The van der Waals surface area contributed by atoms with Crippen LogP contribution in [0, 0.1) is 0 Å². The molecule has 1 rings (SSSR count). The van der Waals surface area contributed by atoms with Crippen molar-refractivity contribution in [1.29, 1.82) is 0 Å². The number of nitrogens with one attached hydrogen (secondary N) is 2. The second-order valence-corrected chi connectivity index (χ2v) is 9.43. The number of carbonyl (C=O) groups is 2. The predicted molar refractivity (Wildman–Crippen MR) is 120 cm³/mol. The summed E-state index contributed by atoms with van der Waals surface area (Å²) in [6.45, 7) is 10.3. The Morgan fingerprint density at radius 1 is 1.03 bits per heavy atom. The molecule has 2 amide bonds. The molecule has 174 valence electrons. The Labute approximate surface area is 191 Å². The van der Waals surface area contributed by atoms with Gasteiger partial charge in [-0.2, -0.15) is 0 Å². The number of nitrogens with zero attached hydrogens (tertiary/aromatic N) is 1. The van der Waals surface area contributed by atoms with Crippen LogP contribution in [0.5, 0.6) is 5.75 Å². The number of aliphatic imine (C=N–C) groups is 1. The maximum absolute atomic E-state index is 12.2. The SMILES string of the molecule is CC(C)(C)OC(=O)NC(=NCc1ccc(OCCCF)c(Br)c1)NC(=O)OC(C)(C)C. The third-order valence-corrected chi connectivity index (χ3v) is 3.81. The highest BCUT2D eigenvalue weighted by atomic mass is 79.9. The molecule has 1 aromatic carbocycles. The first-order valence-electron chi connectivity index (χ1n) is 9.81. The number of carbonyl (C=O) groups excluding carboxylic acids is 2. The van der Waals surface area contributed by atoms with Gasteiger partial charge in [0, 0.05) is 6.42 Å². The van der Waals surface area contributed by atoms with E-state index in [0.717, 1.165) is 5.56 Å². The van der Waals surface area contributed by atoms with Crippen molar-refractivity contribution in [2.45, 2.75) is 65.7 Å². The topological polar surface area (TPSA) is 98.3 Å². The van der Waals surface area contributed by atoms with Gasteiger partial charge in [-0.05, 0) is 75.2 Å². The predicted octanol–water partition coefficient (Wildman–Crippen LogP) is 5.09. The first-order chi connectivity index (χ1) is 14.3. The Balaban J connectivity index is 2.92. The van der Waals surface area contributed by atoms with Crippen LogP contribution in [0.25, 0.3) is 0 Å². The largest absolute Gasteiger partial charge is 0.492 e. The molecule has 0 aliphatic carbocycles. The van der Waals surface area contributed by atoms with E-state index in [1.807, 2.05) is 0 Å². The summed E-state index contributed by atoms with van der Waals surface area (Å²) in [7, 11) is 0. The maximum Gasteiger partial charge on any atom is 0.414 e. The number of hydrogen-bond donors (Lipinski definition) is 2. The van der Waals surface area contributed by atoms with E-state index >= 15 is 0 Å². The smallest absolute Gasteiger partial charge is 0.414 e. The fourth-order valence-corrected chi connectivity index (χ4v) is 2.62. The molecule has 0 fully saturated rings. The summed E-state index contributed by atoms with van der Waals surface area (Å²) in [5.41, 5.74) is -0.660. The first-order valence-corrected chi connectivity index (χ1v) is 10.6. The molecular formula is C21H31BrFN3O5. The molecule has 0 radical (unpaired) electrons. The number of guanidine groups is 1. The number of alkyl carbamates (subject to hydrolysis) is 2. The molecule has 2 N–H and O–H groups in total. The number of hydrogen-bond acceptors (Lipinski definition) is 6. The zero-order valence-corrected chi connectivity index (χ0v) is 20.4. The third-order valence-electron chi connectivity index (χ3n) is 3.19. The highest BCUT2D eigenvalue weighted by molar-refractivity contribution is 9.10. The summed E-state index contributed by atoms with van der Waals surface area (Å²) < 4.78 is 28.8. The first kappa shape index (κ1) is 26.7. The monoisotopic (exact) mass is 503 g/mol. The average molecular weight is 504 g/mol. The van der Waals surface area contributed by atoms with E-state index in [1.54, 1.807) is 59.7 Å². The summed E-state index contributed by atoms with van der Waals surface area (Å²) in [6, 6.07) is 5.29. The van der Waals surface area contributed by atoms with Gasteiger partial charge in [0.25, 0.3) is 0 Å². The molecule has 0 aliphatic heterocycles. The zero-order chi connectivity index (χ0) is 23.7. The Morgan fingerprint density at radius 2 is 1.58 bits per heavy atom. The van der Waals surface area contributed by atoms with Gasteiger partial charge in [-0.15, -0.1) is 0 Å². The molecule has 0 saturated heterocycles. The maximum atomic E-state index is 12.2. The van der Waals surface area contributed by atoms with Gasteiger partial charge in [-0.1, -0.05) is 6.07 Å². The minimum atomic E-state index is -0.764. The zero-order valence-electron chi connectivity index (χ0n) is 18.8. The number of benzene rings is 1. The molecule has 1 aromatic rings. The van der Waals surface area contributed by atoms with Crippen molar-refractivity contribution in [3.8, 4) is 5.75 Å². The molecular weight excluding hydrogens is 473 g/mol. The normalized spacial score (nSPS) is 11.4. The standard InChI is InChI=1S/C21H31BrFN3O5/c1-20(2,3)30-18(27)25-17(26-19(28)31-21(4,5)6)24-13-14-8-9-16(15(22)12-14)29-11-7-10-23/h8-9,12H,7,10-11,13H2,1-6H3,(H2,24,25,26,27,28). The molecule has 10 heteroatoms. The van der Waals surface area contributed by atoms with Gasteiger partial charge in [0.2, 0.25) is 5.96 Å². The molecule has 0 saturated carbocycles. The summed E-state index contributed by atoms with van der Waals surface area (Å²) in [6.07, 6.45) is -1.21. The lowest BCUT2D eigenvalue weighted by atomic mass is 10.2. The summed E-state index contributed by atoms with van der Waals surface area (Å²) >= 11 is 3.41. The van der Waals surface area contributed by atoms with Gasteiger partial charge in [0.05, 0.1) is 24.3 Å². The van der Waals surface area contributed by atoms with E-state index < -0.39 is 30.1 Å². The number of rotatable bonds is 6. The van der Waals surface area contributed by atoms with Crippen LogP contribution in [0.3, 0.4) is 0 Å². The Kier molecular flexibility index (Phi) is 10.2. The highest BCUT2D eigenvalue weighted by Gasteiger charge is 2.21. The van der Waals surface area contributed by atoms with Crippen LogP contribution in [-0.2, 0) is 16.0 Å². The Hall–Kier alpha value is -2.36. The fourth-order valence-electron chi connectivity index (χ4n) is 2.08. The molecule has 8 nitrogen and oxygen atoms in total. The van der Waals surface area contributed by atoms with Crippen molar-refractivity contribution in [1.82, 2.24) is 10.6 Å². The van der Waals surface area contributed by atoms with Gasteiger partial charge in [0.1, 0.15) is 17.0 Å². The van der Waals surface area contributed by atoms with Crippen LogP contribution in [-0.4, -0.2) is 42.6 Å². The fraction of sp³-hybridized carbons (Fsp3) is 0.571. The van der Waals surface area contributed by atoms with E-state index in [2.05, 4.69) is 31.6 Å². The lowest BCUT2D eigenvalue weighted by Crippen LogP contribution is -2.47. The minimum Gasteiger partial charge on any atom is -0.492 e. The minimum absolute atomic E-state index is 0.108. The van der Waals surface area contributed by atoms with Crippen LogP contribution in [0.15, 0.2) is 27.7 Å². The number of halogens is 2. The van der Waals surface area contributed by atoms with Gasteiger partial charge in [-0.25, -0.2) is 14.6 Å². The molecule has 0 aliphatic rings. The summed E-state index contributed by atoms with van der Waals surface area (Å²) in [5, 5.41) is 4.85. The van der Waals surface area contributed by atoms with E-state index in [0.29, 0.717) is 16.6 Å².